The molecule has 0 saturated heterocycles. The van der Waals surface area contributed by atoms with Gasteiger partial charge in [-0.2, -0.15) is 13.2 Å². The lowest BCUT2D eigenvalue weighted by Gasteiger charge is -2.11. The molecule has 0 fully saturated rings. The molecular formula is C12H12F3N3. The van der Waals surface area contributed by atoms with E-state index in [0.29, 0.717) is 18.2 Å². The van der Waals surface area contributed by atoms with Crippen molar-refractivity contribution in [1.82, 2.24) is 9.55 Å². The van der Waals surface area contributed by atoms with Crippen LogP contribution in [0.5, 0.6) is 0 Å². The van der Waals surface area contributed by atoms with E-state index in [1.54, 1.807) is 23.0 Å². The van der Waals surface area contributed by atoms with Crippen molar-refractivity contribution in [2.24, 2.45) is 0 Å². The van der Waals surface area contributed by atoms with E-state index < -0.39 is 11.7 Å². The van der Waals surface area contributed by atoms with Gasteiger partial charge in [-0.15, -0.1) is 0 Å². The molecule has 2 rings (SSSR count). The van der Waals surface area contributed by atoms with Crippen LogP contribution in [0.25, 0.3) is 0 Å². The summed E-state index contributed by atoms with van der Waals surface area (Å²) in [5.41, 5.74) is -0.312. The van der Waals surface area contributed by atoms with Gasteiger partial charge >= 0.3 is 6.18 Å². The molecule has 0 bridgehead atoms. The number of aryl methyl sites for hydroxylation is 1. The molecule has 0 atom stereocenters. The fraction of sp³-hybridized carbons (Fsp3) is 0.250. The first-order chi connectivity index (χ1) is 8.50. The summed E-state index contributed by atoms with van der Waals surface area (Å²) in [6.45, 7) is 2.63. The number of nitrogens with zero attached hydrogens (tertiary/aromatic N) is 2. The van der Waals surface area contributed by atoms with Crippen molar-refractivity contribution in [3.8, 4) is 0 Å². The summed E-state index contributed by atoms with van der Waals surface area (Å²) in [5, 5.41) is 2.87. The fourth-order valence-electron chi connectivity index (χ4n) is 1.59. The number of imidazole rings is 1. The van der Waals surface area contributed by atoms with Crippen molar-refractivity contribution in [2.45, 2.75) is 19.6 Å². The third-order valence-corrected chi connectivity index (χ3v) is 2.50. The third-order valence-electron chi connectivity index (χ3n) is 2.50. The zero-order valence-corrected chi connectivity index (χ0v) is 9.70. The number of benzene rings is 1. The standard InChI is InChI=1S/C12H12F3N3/c1-2-18-7-6-16-11(18)17-10-5-3-4-9(8-10)12(13,14)15/h3-8H,2H2,1H3,(H,16,17). The highest BCUT2D eigenvalue weighted by Gasteiger charge is 2.30. The Morgan fingerprint density at radius 3 is 2.78 bits per heavy atom. The van der Waals surface area contributed by atoms with E-state index in [0.717, 1.165) is 12.1 Å². The van der Waals surface area contributed by atoms with Crippen molar-refractivity contribution in [3.63, 3.8) is 0 Å². The smallest absolute Gasteiger partial charge is 0.326 e. The van der Waals surface area contributed by atoms with Gasteiger partial charge in [-0.25, -0.2) is 4.98 Å². The Morgan fingerprint density at radius 1 is 1.33 bits per heavy atom. The van der Waals surface area contributed by atoms with Crippen molar-refractivity contribution < 1.29 is 13.2 Å². The normalized spacial score (nSPS) is 11.6. The minimum atomic E-state index is -4.34. The second-order valence-corrected chi connectivity index (χ2v) is 3.74. The highest BCUT2D eigenvalue weighted by atomic mass is 19.4. The Morgan fingerprint density at radius 2 is 2.11 bits per heavy atom. The van der Waals surface area contributed by atoms with E-state index in [1.807, 2.05) is 6.92 Å². The quantitative estimate of drug-likeness (QED) is 0.906. The molecule has 0 aliphatic carbocycles. The number of hydrogen-bond acceptors (Lipinski definition) is 2. The van der Waals surface area contributed by atoms with E-state index in [1.165, 1.54) is 6.07 Å². The first-order valence-electron chi connectivity index (χ1n) is 5.46. The number of aromatic nitrogens is 2. The van der Waals surface area contributed by atoms with Gasteiger partial charge in [0.05, 0.1) is 5.56 Å². The molecule has 18 heavy (non-hydrogen) atoms. The molecule has 96 valence electrons. The van der Waals surface area contributed by atoms with Crippen LogP contribution in [0, 0.1) is 0 Å². The van der Waals surface area contributed by atoms with Crippen LogP contribution in [0.1, 0.15) is 12.5 Å². The molecule has 0 unspecified atom stereocenters. The summed E-state index contributed by atoms with van der Waals surface area (Å²) in [5.74, 6) is 0.525. The van der Waals surface area contributed by atoms with Crippen LogP contribution in [0.15, 0.2) is 36.7 Å². The second-order valence-electron chi connectivity index (χ2n) is 3.74. The number of rotatable bonds is 3. The van der Waals surface area contributed by atoms with Gasteiger partial charge in [-0.1, -0.05) is 6.07 Å². The molecular weight excluding hydrogens is 243 g/mol. The number of halogens is 3. The van der Waals surface area contributed by atoms with Crippen molar-refractivity contribution in [3.05, 3.63) is 42.2 Å². The number of anilines is 2. The van der Waals surface area contributed by atoms with Gasteiger partial charge in [0.25, 0.3) is 0 Å². The van der Waals surface area contributed by atoms with E-state index in [4.69, 9.17) is 0 Å². The molecule has 0 spiro atoms. The molecule has 1 heterocycles. The second kappa shape index (κ2) is 4.72. The van der Waals surface area contributed by atoms with Gasteiger partial charge in [0.2, 0.25) is 5.95 Å². The predicted octanol–water partition coefficient (Wildman–Crippen LogP) is 3.67. The van der Waals surface area contributed by atoms with E-state index in [9.17, 15) is 13.2 Å². The summed E-state index contributed by atoms with van der Waals surface area (Å²) in [6.07, 6.45) is -0.979. The van der Waals surface area contributed by atoms with Gasteiger partial charge in [0.1, 0.15) is 0 Å². The lowest BCUT2D eigenvalue weighted by molar-refractivity contribution is -0.137. The van der Waals surface area contributed by atoms with Crippen molar-refractivity contribution in [2.75, 3.05) is 5.32 Å². The number of hydrogen-bond donors (Lipinski definition) is 1. The predicted molar refractivity (Wildman–Crippen MR) is 62.6 cm³/mol. The van der Waals surface area contributed by atoms with Crippen molar-refractivity contribution >= 4 is 11.6 Å². The average molecular weight is 255 g/mol. The molecule has 3 nitrogen and oxygen atoms in total. The molecule has 1 aromatic carbocycles. The van der Waals surface area contributed by atoms with Gasteiger partial charge in [0, 0.05) is 24.6 Å². The SMILES string of the molecule is CCn1ccnc1Nc1cccc(C(F)(F)F)c1. The van der Waals surface area contributed by atoms with Crippen LogP contribution < -0.4 is 5.32 Å². The summed E-state index contributed by atoms with van der Waals surface area (Å²) in [6, 6.07) is 5.04. The Kier molecular flexibility index (Phi) is 3.27. The Bertz CT molecular complexity index is 531. The molecule has 1 N–H and O–H groups in total. The number of nitrogens with one attached hydrogen (secondary N) is 1. The van der Waals surface area contributed by atoms with Crippen LogP contribution in [0.3, 0.4) is 0 Å². The summed E-state index contributed by atoms with van der Waals surface area (Å²) in [7, 11) is 0. The zero-order valence-electron chi connectivity index (χ0n) is 9.70. The first-order valence-corrected chi connectivity index (χ1v) is 5.46. The molecule has 2 aromatic rings. The van der Waals surface area contributed by atoms with E-state index >= 15 is 0 Å². The molecule has 0 aliphatic rings. The first kappa shape index (κ1) is 12.5. The molecule has 0 saturated carbocycles. The maximum Gasteiger partial charge on any atom is 0.416 e. The minimum Gasteiger partial charge on any atom is -0.326 e. The number of alkyl halides is 3. The van der Waals surface area contributed by atoms with Crippen LogP contribution in [0.2, 0.25) is 0 Å². The topological polar surface area (TPSA) is 29.9 Å². The van der Waals surface area contributed by atoms with Gasteiger partial charge in [0.15, 0.2) is 0 Å². The monoisotopic (exact) mass is 255 g/mol. The summed E-state index contributed by atoms with van der Waals surface area (Å²) >= 11 is 0. The Balaban J connectivity index is 2.25. The highest BCUT2D eigenvalue weighted by Crippen LogP contribution is 2.31. The van der Waals surface area contributed by atoms with Crippen LogP contribution in [-0.4, -0.2) is 9.55 Å². The lowest BCUT2D eigenvalue weighted by atomic mass is 10.2. The summed E-state index contributed by atoms with van der Waals surface area (Å²) < 4.78 is 39.4. The molecule has 6 heteroatoms. The maximum atomic E-state index is 12.5. The minimum absolute atomic E-state index is 0.366. The molecule has 0 aliphatic heterocycles. The Hall–Kier alpha value is -1.98. The molecule has 1 aromatic heterocycles. The van der Waals surface area contributed by atoms with Crippen LogP contribution >= 0.6 is 0 Å². The van der Waals surface area contributed by atoms with Crippen LogP contribution in [0.4, 0.5) is 24.8 Å². The largest absolute Gasteiger partial charge is 0.416 e. The summed E-state index contributed by atoms with van der Waals surface area (Å²) in [4.78, 5) is 4.04. The van der Waals surface area contributed by atoms with Gasteiger partial charge in [-0.3, -0.25) is 0 Å². The Labute approximate surface area is 102 Å². The molecule has 0 amide bonds. The van der Waals surface area contributed by atoms with Gasteiger partial charge in [-0.05, 0) is 25.1 Å². The van der Waals surface area contributed by atoms with E-state index in [2.05, 4.69) is 10.3 Å². The lowest BCUT2D eigenvalue weighted by Crippen LogP contribution is -2.06. The molecule has 0 radical (unpaired) electrons. The third kappa shape index (κ3) is 2.64. The average Bonchev–Trinajstić information content (AvgIpc) is 2.75. The maximum absolute atomic E-state index is 12.5. The van der Waals surface area contributed by atoms with Gasteiger partial charge < -0.3 is 9.88 Å². The fourth-order valence-corrected chi connectivity index (χ4v) is 1.59. The van der Waals surface area contributed by atoms with E-state index in [-0.39, 0.29) is 0 Å². The highest BCUT2D eigenvalue weighted by molar-refractivity contribution is 5.55. The van der Waals surface area contributed by atoms with Crippen LogP contribution in [-0.2, 0) is 12.7 Å². The zero-order chi connectivity index (χ0) is 13.2. The van der Waals surface area contributed by atoms with Crippen molar-refractivity contribution in [1.29, 1.82) is 0 Å².